The van der Waals surface area contributed by atoms with Crippen LogP contribution in [0.3, 0.4) is 0 Å². The van der Waals surface area contributed by atoms with Crippen molar-refractivity contribution in [3.63, 3.8) is 0 Å². The highest BCUT2D eigenvalue weighted by Gasteiger charge is 2.16. The second-order valence-electron chi connectivity index (χ2n) is 5.46. The fraction of sp³-hybridized carbons (Fsp3) is 0.429. The molecule has 0 aliphatic rings. The van der Waals surface area contributed by atoms with E-state index in [1.165, 1.54) is 0 Å². The quantitative estimate of drug-likeness (QED) is 0.901. The summed E-state index contributed by atoms with van der Waals surface area (Å²) in [5.74, 6) is 0. The molecule has 0 radical (unpaired) electrons. The number of nitrogens with zero attached hydrogens (tertiary/aromatic N) is 3. The Morgan fingerprint density at radius 2 is 1.94 bits per heavy atom. The van der Waals surface area contributed by atoms with Gasteiger partial charge in [-0.1, -0.05) is 26.8 Å². The molecular weight excluding hydrogens is 226 g/mol. The fourth-order valence-electron chi connectivity index (χ4n) is 1.73. The summed E-state index contributed by atoms with van der Waals surface area (Å²) >= 11 is 0. The van der Waals surface area contributed by atoms with Gasteiger partial charge in [-0.2, -0.15) is 0 Å². The van der Waals surface area contributed by atoms with Crippen molar-refractivity contribution in [2.24, 2.45) is 0 Å². The van der Waals surface area contributed by atoms with Gasteiger partial charge in [0, 0.05) is 11.6 Å². The predicted molar refractivity (Wildman–Crippen MR) is 70.2 cm³/mol. The first-order chi connectivity index (χ1) is 8.49. The summed E-state index contributed by atoms with van der Waals surface area (Å²) < 4.78 is 2.02. The zero-order chi connectivity index (χ0) is 13.2. The molecule has 4 nitrogen and oxygen atoms in total. The third kappa shape index (κ3) is 2.96. The first-order valence-corrected chi connectivity index (χ1v) is 6.07. The van der Waals surface area contributed by atoms with Gasteiger partial charge >= 0.3 is 0 Å². The molecule has 0 aromatic carbocycles. The van der Waals surface area contributed by atoms with Crippen LogP contribution in [0.15, 0.2) is 30.7 Å². The van der Waals surface area contributed by atoms with Gasteiger partial charge in [0.25, 0.3) is 0 Å². The maximum atomic E-state index is 9.06. The summed E-state index contributed by atoms with van der Waals surface area (Å²) in [6, 6.07) is 5.68. The highest BCUT2D eigenvalue weighted by molar-refractivity contribution is 5.13. The lowest BCUT2D eigenvalue weighted by Gasteiger charge is -2.14. The van der Waals surface area contributed by atoms with E-state index in [-0.39, 0.29) is 12.0 Å². The second-order valence-corrected chi connectivity index (χ2v) is 5.46. The van der Waals surface area contributed by atoms with Crippen LogP contribution in [-0.4, -0.2) is 19.6 Å². The first-order valence-electron chi connectivity index (χ1n) is 6.07. The van der Waals surface area contributed by atoms with Gasteiger partial charge in [-0.25, -0.2) is 4.98 Å². The number of aliphatic hydroxyl groups excluding tert-OH is 1. The lowest BCUT2D eigenvalue weighted by molar-refractivity contribution is 0.276. The normalized spacial score (nSPS) is 11.8. The predicted octanol–water partition coefficient (Wildman–Crippen LogP) is 2.12. The van der Waals surface area contributed by atoms with Gasteiger partial charge < -0.3 is 9.67 Å². The molecule has 96 valence electrons. The first kappa shape index (κ1) is 12.8. The van der Waals surface area contributed by atoms with Gasteiger partial charge in [0.15, 0.2) is 0 Å². The third-order valence-corrected chi connectivity index (χ3v) is 2.77. The Bertz CT molecular complexity index is 526. The average Bonchev–Trinajstić information content (AvgIpc) is 2.77. The second kappa shape index (κ2) is 4.90. The lowest BCUT2D eigenvalue weighted by atomic mass is 9.93. The van der Waals surface area contributed by atoms with Crippen LogP contribution in [0.5, 0.6) is 0 Å². The minimum absolute atomic E-state index is 0.0228. The van der Waals surface area contributed by atoms with Crippen molar-refractivity contribution in [1.29, 1.82) is 0 Å². The van der Waals surface area contributed by atoms with Gasteiger partial charge in [0.1, 0.15) is 0 Å². The third-order valence-electron chi connectivity index (χ3n) is 2.77. The maximum Gasteiger partial charge on any atom is 0.0953 e. The fourth-order valence-corrected chi connectivity index (χ4v) is 1.73. The number of hydrogen-bond donors (Lipinski definition) is 1. The number of imidazole rings is 1. The molecule has 0 saturated heterocycles. The van der Waals surface area contributed by atoms with E-state index in [9.17, 15) is 0 Å². The topological polar surface area (TPSA) is 50.9 Å². The Labute approximate surface area is 107 Å². The molecule has 0 bridgehead atoms. The van der Waals surface area contributed by atoms with Crippen LogP contribution in [-0.2, 0) is 18.6 Å². The Hall–Kier alpha value is -1.68. The van der Waals surface area contributed by atoms with Crippen LogP contribution >= 0.6 is 0 Å². The zero-order valence-corrected chi connectivity index (χ0v) is 11.1. The molecule has 4 heteroatoms. The van der Waals surface area contributed by atoms with Crippen LogP contribution in [0, 0.1) is 0 Å². The van der Waals surface area contributed by atoms with Crippen molar-refractivity contribution in [2.75, 3.05) is 0 Å². The molecule has 2 rings (SSSR count). The number of aromatic nitrogens is 3. The molecule has 2 aromatic rings. The van der Waals surface area contributed by atoms with E-state index in [1.54, 1.807) is 0 Å². The molecule has 0 aliphatic carbocycles. The van der Waals surface area contributed by atoms with Crippen molar-refractivity contribution in [2.45, 2.75) is 39.3 Å². The molecule has 18 heavy (non-hydrogen) atoms. The zero-order valence-electron chi connectivity index (χ0n) is 11.1. The largest absolute Gasteiger partial charge is 0.390 e. The highest BCUT2D eigenvalue weighted by atomic mass is 16.3. The molecule has 0 atom stereocenters. The summed E-state index contributed by atoms with van der Waals surface area (Å²) in [5, 5.41) is 9.06. The summed E-state index contributed by atoms with van der Waals surface area (Å²) in [5.41, 5.74) is 2.76. The van der Waals surface area contributed by atoms with Gasteiger partial charge in [0.05, 0.1) is 36.6 Å². The standard InChI is InChI=1S/C14H19N3O/c1-14(2,3)13-8-17(10-15-13)7-11-5-4-6-12(9-18)16-11/h4-6,8,10,18H,7,9H2,1-3H3. The molecule has 0 unspecified atom stereocenters. The number of pyridine rings is 1. The van der Waals surface area contributed by atoms with Crippen LogP contribution in [0.25, 0.3) is 0 Å². The SMILES string of the molecule is CC(C)(C)c1cn(Cc2cccc(CO)n2)cn1. The molecular formula is C14H19N3O. The van der Waals surface area contributed by atoms with Gasteiger partial charge in [-0.15, -0.1) is 0 Å². The Balaban J connectivity index is 2.16. The smallest absolute Gasteiger partial charge is 0.0953 e. The van der Waals surface area contributed by atoms with E-state index in [4.69, 9.17) is 5.11 Å². The molecule has 0 aliphatic heterocycles. The number of aliphatic hydroxyl groups is 1. The molecule has 0 fully saturated rings. The van der Waals surface area contributed by atoms with Crippen LogP contribution in [0.2, 0.25) is 0 Å². The molecule has 1 N–H and O–H groups in total. The Morgan fingerprint density at radius 1 is 1.22 bits per heavy atom. The van der Waals surface area contributed by atoms with E-state index in [1.807, 2.05) is 35.3 Å². The van der Waals surface area contributed by atoms with E-state index in [0.29, 0.717) is 12.2 Å². The van der Waals surface area contributed by atoms with E-state index in [2.05, 4.69) is 30.7 Å². The minimum atomic E-state index is -0.0228. The molecule has 0 saturated carbocycles. The maximum absolute atomic E-state index is 9.06. The van der Waals surface area contributed by atoms with Gasteiger partial charge in [-0.3, -0.25) is 4.98 Å². The van der Waals surface area contributed by atoms with Crippen LogP contribution in [0.4, 0.5) is 0 Å². The molecule has 2 aromatic heterocycles. The summed E-state index contributed by atoms with van der Waals surface area (Å²) in [6.07, 6.45) is 3.88. The number of hydrogen-bond acceptors (Lipinski definition) is 3. The molecule has 0 amide bonds. The van der Waals surface area contributed by atoms with Crippen molar-refractivity contribution in [3.8, 4) is 0 Å². The highest BCUT2D eigenvalue weighted by Crippen LogP contribution is 2.19. The molecule has 2 heterocycles. The summed E-state index contributed by atoms with van der Waals surface area (Å²) in [6.45, 7) is 7.08. The van der Waals surface area contributed by atoms with E-state index in [0.717, 1.165) is 11.4 Å². The average molecular weight is 245 g/mol. The Kier molecular flexibility index (Phi) is 3.48. The van der Waals surface area contributed by atoms with E-state index < -0.39 is 0 Å². The van der Waals surface area contributed by atoms with Crippen molar-refractivity contribution in [1.82, 2.24) is 14.5 Å². The van der Waals surface area contributed by atoms with Crippen LogP contribution in [0.1, 0.15) is 37.9 Å². The summed E-state index contributed by atoms with van der Waals surface area (Å²) in [7, 11) is 0. The summed E-state index contributed by atoms with van der Waals surface area (Å²) in [4.78, 5) is 8.77. The minimum Gasteiger partial charge on any atom is -0.390 e. The van der Waals surface area contributed by atoms with Gasteiger partial charge in [0.2, 0.25) is 0 Å². The van der Waals surface area contributed by atoms with Gasteiger partial charge in [-0.05, 0) is 12.1 Å². The van der Waals surface area contributed by atoms with Crippen LogP contribution < -0.4 is 0 Å². The lowest BCUT2D eigenvalue weighted by Crippen LogP contribution is -2.11. The number of rotatable bonds is 3. The van der Waals surface area contributed by atoms with Crippen molar-refractivity contribution >= 4 is 0 Å². The molecule has 0 spiro atoms. The van der Waals surface area contributed by atoms with Crippen molar-refractivity contribution in [3.05, 3.63) is 47.8 Å². The van der Waals surface area contributed by atoms with Crippen molar-refractivity contribution < 1.29 is 5.11 Å². The monoisotopic (exact) mass is 245 g/mol. The Morgan fingerprint density at radius 3 is 2.56 bits per heavy atom. The van der Waals surface area contributed by atoms with E-state index >= 15 is 0 Å².